The van der Waals surface area contributed by atoms with Crippen LogP contribution in [0.4, 0.5) is 0 Å². The molecule has 0 aromatic rings. The number of unbranched alkanes of at least 4 members (excludes halogenated alkanes) is 50. The van der Waals surface area contributed by atoms with E-state index in [1.807, 2.05) is 6.08 Å². The predicted molar refractivity (Wildman–Crippen MR) is 301 cm³/mol. The van der Waals surface area contributed by atoms with Gasteiger partial charge >= 0.3 is 0 Å². The fraction of sp³-hybridized carbons (Fsp3) is 0.952. The third-order valence-electron chi connectivity index (χ3n) is 15.1. The van der Waals surface area contributed by atoms with Gasteiger partial charge in [0.2, 0.25) is 5.91 Å². The molecule has 0 radical (unpaired) electrons. The summed E-state index contributed by atoms with van der Waals surface area (Å²) < 4.78 is 0. The van der Waals surface area contributed by atoms with Crippen LogP contribution in [0.5, 0.6) is 0 Å². The van der Waals surface area contributed by atoms with Gasteiger partial charge in [-0.05, 0) is 19.3 Å². The van der Waals surface area contributed by atoms with Gasteiger partial charge in [0.1, 0.15) is 0 Å². The lowest BCUT2D eigenvalue weighted by atomic mass is 10.0. The Morgan fingerprint density at radius 3 is 0.853 bits per heavy atom. The Morgan fingerprint density at radius 1 is 0.368 bits per heavy atom. The van der Waals surface area contributed by atoms with Crippen LogP contribution >= 0.6 is 0 Å². The van der Waals surface area contributed by atoms with E-state index in [2.05, 4.69) is 19.2 Å². The summed E-state index contributed by atoms with van der Waals surface area (Å²) in [4.78, 5) is 12.6. The first-order chi connectivity index (χ1) is 33.5. The van der Waals surface area contributed by atoms with Crippen molar-refractivity contribution in [2.45, 2.75) is 379 Å². The predicted octanol–water partition coefficient (Wildman–Crippen LogP) is 19.8. The van der Waals surface area contributed by atoms with E-state index < -0.39 is 18.2 Å². The smallest absolute Gasteiger partial charge is 0.222 e. The molecular formula is C63H125NO4. The summed E-state index contributed by atoms with van der Waals surface area (Å²) in [6.45, 7) is 4.27. The number of aliphatic hydroxyl groups is 3. The molecule has 406 valence electrons. The van der Waals surface area contributed by atoms with E-state index in [1.165, 1.54) is 308 Å². The first-order valence-corrected chi connectivity index (χ1v) is 31.5. The van der Waals surface area contributed by atoms with Crippen LogP contribution in [0, 0.1) is 0 Å². The Bertz CT molecular complexity index is 971. The molecule has 0 rings (SSSR count). The quantitative estimate of drug-likeness (QED) is 0.0361. The molecule has 0 saturated heterocycles. The summed E-state index contributed by atoms with van der Waals surface area (Å²) in [5, 5.41) is 33.6. The molecule has 5 heteroatoms. The maximum absolute atomic E-state index is 12.6. The lowest BCUT2D eigenvalue weighted by molar-refractivity contribution is -0.124. The summed E-state index contributed by atoms with van der Waals surface area (Å²) in [7, 11) is 0. The van der Waals surface area contributed by atoms with E-state index in [0.717, 1.165) is 25.7 Å². The van der Waals surface area contributed by atoms with E-state index in [4.69, 9.17) is 0 Å². The van der Waals surface area contributed by atoms with Gasteiger partial charge in [-0.1, -0.05) is 347 Å². The number of hydrogen-bond donors (Lipinski definition) is 4. The molecule has 3 unspecified atom stereocenters. The summed E-state index contributed by atoms with van der Waals surface area (Å²) in [5.74, 6) is -0.306. The number of allylic oxidation sites excluding steroid dienone is 1. The lowest BCUT2D eigenvalue weighted by Gasteiger charge is -2.21. The van der Waals surface area contributed by atoms with Crippen molar-refractivity contribution in [3.63, 3.8) is 0 Å². The highest BCUT2D eigenvalue weighted by molar-refractivity contribution is 5.76. The molecule has 4 N–H and O–H groups in total. The van der Waals surface area contributed by atoms with Gasteiger partial charge in [-0.3, -0.25) is 4.79 Å². The number of amides is 1. The first kappa shape index (κ1) is 67.1. The monoisotopic (exact) mass is 960 g/mol. The summed E-state index contributed by atoms with van der Waals surface area (Å²) >= 11 is 0. The van der Waals surface area contributed by atoms with Crippen molar-refractivity contribution in [3.05, 3.63) is 12.2 Å². The average molecular weight is 961 g/mol. The molecule has 0 aliphatic carbocycles. The van der Waals surface area contributed by atoms with Crippen molar-refractivity contribution in [1.29, 1.82) is 0 Å². The highest BCUT2D eigenvalue weighted by Crippen LogP contribution is 2.19. The maximum atomic E-state index is 12.6. The van der Waals surface area contributed by atoms with Gasteiger partial charge in [0.15, 0.2) is 0 Å². The summed E-state index contributed by atoms with van der Waals surface area (Å²) in [6, 6.07) is -0.742. The SMILES string of the molecule is CCCCCCCCCCCCCCCCCCCCCCCC/C=C/C(O)C(CO)NC(=O)CC(O)CCCCCCCCCCCCCCCCCCCCCCCCCCCCCCC. The van der Waals surface area contributed by atoms with E-state index in [9.17, 15) is 20.1 Å². The number of hydrogen-bond acceptors (Lipinski definition) is 4. The fourth-order valence-electron chi connectivity index (χ4n) is 10.3. The molecule has 1 amide bonds. The molecule has 0 aliphatic heterocycles. The standard InChI is InChI=1S/C63H125NO4/c1-3-5-7-9-11-13-15-17-19-21-23-25-27-29-30-31-32-33-34-36-38-40-42-44-46-48-50-52-54-56-60(66)58-63(68)64-61(59-65)62(67)57-55-53-51-49-47-45-43-41-39-37-35-28-26-24-22-20-18-16-14-12-10-8-6-4-2/h55,57,60-62,65-67H,3-54,56,58-59H2,1-2H3,(H,64,68)/b57-55+. The topological polar surface area (TPSA) is 89.8 Å². The molecule has 0 aliphatic rings. The zero-order chi connectivity index (χ0) is 49.3. The second kappa shape index (κ2) is 58.7. The van der Waals surface area contributed by atoms with E-state index in [1.54, 1.807) is 6.08 Å². The van der Waals surface area contributed by atoms with Crippen LogP contribution in [0.2, 0.25) is 0 Å². The molecule has 0 saturated carbocycles. The minimum Gasteiger partial charge on any atom is -0.394 e. The molecule has 0 heterocycles. The zero-order valence-corrected chi connectivity index (χ0v) is 46.5. The Morgan fingerprint density at radius 2 is 0.603 bits per heavy atom. The third-order valence-corrected chi connectivity index (χ3v) is 15.1. The zero-order valence-electron chi connectivity index (χ0n) is 46.5. The van der Waals surface area contributed by atoms with Crippen LogP contribution in [-0.2, 0) is 4.79 Å². The number of aliphatic hydroxyl groups excluding tert-OH is 3. The van der Waals surface area contributed by atoms with E-state index in [0.29, 0.717) is 6.42 Å². The minimum atomic E-state index is -0.927. The molecule has 5 nitrogen and oxygen atoms in total. The Kier molecular flexibility index (Phi) is 57.9. The van der Waals surface area contributed by atoms with Crippen molar-refractivity contribution >= 4 is 5.91 Å². The van der Waals surface area contributed by atoms with Crippen molar-refractivity contribution < 1.29 is 20.1 Å². The number of nitrogens with one attached hydrogen (secondary N) is 1. The van der Waals surface area contributed by atoms with Gasteiger partial charge in [-0.2, -0.15) is 0 Å². The van der Waals surface area contributed by atoms with E-state index >= 15 is 0 Å². The second-order valence-electron chi connectivity index (χ2n) is 22.0. The number of carbonyl (C=O) groups is 1. The van der Waals surface area contributed by atoms with Gasteiger partial charge in [-0.15, -0.1) is 0 Å². The maximum Gasteiger partial charge on any atom is 0.222 e. The van der Waals surface area contributed by atoms with Crippen LogP contribution in [0.25, 0.3) is 0 Å². The lowest BCUT2D eigenvalue weighted by Crippen LogP contribution is -2.45. The number of carbonyl (C=O) groups excluding carboxylic acids is 1. The minimum absolute atomic E-state index is 0.0198. The largest absolute Gasteiger partial charge is 0.394 e. The Hall–Kier alpha value is -0.910. The molecule has 3 atom stereocenters. The molecule has 68 heavy (non-hydrogen) atoms. The molecule has 0 fully saturated rings. The average Bonchev–Trinajstić information content (AvgIpc) is 3.33. The second-order valence-corrected chi connectivity index (χ2v) is 22.0. The van der Waals surface area contributed by atoms with Gasteiger partial charge in [0.05, 0.1) is 31.3 Å². The fourth-order valence-corrected chi connectivity index (χ4v) is 10.3. The van der Waals surface area contributed by atoms with Crippen molar-refractivity contribution in [3.8, 4) is 0 Å². The molecular weight excluding hydrogens is 835 g/mol. The van der Waals surface area contributed by atoms with Gasteiger partial charge in [0, 0.05) is 0 Å². The summed E-state index contributed by atoms with van der Waals surface area (Å²) in [6.07, 6.45) is 74.3. The van der Waals surface area contributed by atoms with Crippen LogP contribution in [-0.4, -0.2) is 46.1 Å². The van der Waals surface area contributed by atoms with Crippen molar-refractivity contribution in [1.82, 2.24) is 5.32 Å². The van der Waals surface area contributed by atoms with Crippen LogP contribution < -0.4 is 5.32 Å². The highest BCUT2D eigenvalue weighted by atomic mass is 16.3. The van der Waals surface area contributed by atoms with Gasteiger partial charge < -0.3 is 20.6 Å². The van der Waals surface area contributed by atoms with E-state index in [-0.39, 0.29) is 18.9 Å². The molecule has 0 spiro atoms. The molecule has 0 aromatic heterocycles. The first-order valence-electron chi connectivity index (χ1n) is 31.5. The van der Waals surface area contributed by atoms with Crippen LogP contribution in [0.1, 0.15) is 361 Å². The molecule has 0 aromatic carbocycles. The number of rotatable bonds is 59. The van der Waals surface area contributed by atoms with Gasteiger partial charge in [-0.25, -0.2) is 0 Å². The third kappa shape index (κ3) is 54.4. The molecule has 0 bridgehead atoms. The van der Waals surface area contributed by atoms with Gasteiger partial charge in [0.25, 0.3) is 0 Å². The summed E-state index contributed by atoms with van der Waals surface area (Å²) in [5.41, 5.74) is 0. The van der Waals surface area contributed by atoms with Crippen molar-refractivity contribution in [2.75, 3.05) is 6.61 Å². The van der Waals surface area contributed by atoms with Crippen LogP contribution in [0.3, 0.4) is 0 Å². The highest BCUT2D eigenvalue weighted by Gasteiger charge is 2.20. The van der Waals surface area contributed by atoms with Crippen molar-refractivity contribution in [2.24, 2.45) is 0 Å². The Labute approximate surface area is 427 Å². The van der Waals surface area contributed by atoms with Crippen LogP contribution in [0.15, 0.2) is 12.2 Å². The normalized spacial score (nSPS) is 13.2. The Balaban J connectivity index is 3.49.